The third kappa shape index (κ3) is 1.98. The summed E-state index contributed by atoms with van der Waals surface area (Å²) in [5, 5.41) is 6.88. The molecular weight excluding hydrogens is 232 g/mol. The first-order chi connectivity index (χ1) is 8.37. The molecule has 1 aliphatic rings. The van der Waals surface area contributed by atoms with Gasteiger partial charge in [-0.15, -0.1) is 0 Å². The minimum Gasteiger partial charge on any atom is -0.368 e. The Morgan fingerprint density at radius 2 is 2.11 bits per heavy atom. The fourth-order valence-corrected chi connectivity index (χ4v) is 2.01. The Hall–Kier alpha value is -1.85. The second kappa shape index (κ2) is 4.12. The first-order valence-corrected chi connectivity index (χ1v) is 6.04. The predicted molar refractivity (Wildman–Crippen MR) is 66.0 cm³/mol. The molecule has 1 aromatic heterocycles. The second-order valence-corrected chi connectivity index (χ2v) is 5.08. The molecule has 6 nitrogen and oxygen atoms in total. The van der Waals surface area contributed by atoms with Gasteiger partial charge >= 0.3 is 0 Å². The maximum absolute atomic E-state index is 12.1. The van der Waals surface area contributed by atoms with Crippen LogP contribution in [0.2, 0.25) is 0 Å². The summed E-state index contributed by atoms with van der Waals surface area (Å²) in [5.41, 5.74) is 5.74. The van der Waals surface area contributed by atoms with Gasteiger partial charge in [-0.05, 0) is 33.6 Å². The average molecular weight is 250 g/mol. The first-order valence-electron chi connectivity index (χ1n) is 6.04. The summed E-state index contributed by atoms with van der Waals surface area (Å²) < 4.78 is 1.78. The number of carbonyl (C=O) groups excluding carboxylic acids is 2. The number of nitrogens with two attached hydrogens (primary N) is 1. The van der Waals surface area contributed by atoms with Crippen LogP contribution in [0.15, 0.2) is 6.20 Å². The van der Waals surface area contributed by atoms with Crippen LogP contribution in [0.3, 0.4) is 0 Å². The van der Waals surface area contributed by atoms with E-state index in [9.17, 15) is 9.59 Å². The molecule has 0 aliphatic heterocycles. The van der Waals surface area contributed by atoms with E-state index in [4.69, 9.17) is 5.73 Å². The number of rotatable bonds is 4. The summed E-state index contributed by atoms with van der Waals surface area (Å²) in [4.78, 5) is 23.3. The number of primary amides is 1. The van der Waals surface area contributed by atoms with E-state index < -0.39 is 11.4 Å². The zero-order valence-electron chi connectivity index (χ0n) is 10.9. The van der Waals surface area contributed by atoms with Gasteiger partial charge < -0.3 is 11.1 Å². The van der Waals surface area contributed by atoms with Crippen molar-refractivity contribution in [1.29, 1.82) is 0 Å². The molecule has 1 fully saturated rings. The topological polar surface area (TPSA) is 90.0 Å². The highest BCUT2D eigenvalue weighted by atomic mass is 16.2. The summed E-state index contributed by atoms with van der Waals surface area (Å²) in [5.74, 6) is -0.750. The van der Waals surface area contributed by atoms with Crippen LogP contribution < -0.4 is 11.1 Å². The van der Waals surface area contributed by atoms with Gasteiger partial charge in [0, 0.05) is 11.7 Å². The molecule has 0 spiro atoms. The number of nitrogens with one attached hydrogen (secondary N) is 1. The van der Waals surface area contributed by atoms with Crippen molar-refractivity contribution >= 4 is 11.8 Å². The predicted octanol–water partition coefficient (Wildman–Crippen LogP) is 0.520. The van der Waals surface area contributed by atoms with Crippen molar-refractivity contribution in [2.75, 3.05) is 0 Å². The zero-order chi connectivity index (χ0) is 13.5. The van der Waals surface area contributed by atoms with E-state index in [0.717, 1.165) is 5.69 Å². The number of nitrogens with zero attached hydrogens (tertiary/aromatic N) is 2. The number of carbonyl (C=O) groups is 2. The molecule has 98 valence electrons. The fraction of sp³-hybridized carbons (Fsp3) is 0.583. The first kappa shape index (κ1) is 12.6. The zero-order valence-corrected chi connectivity index (χ0v) is 10.9. The Kier molecular flexibility index (Phi) is 2.88. The molecule has 2 rings (SSSR count). The maximum Gasteiger partial charge on any atom is 0.255 e. The third-order valence-corrected chi connectivity index (χ3v) is 3.35. The average Bonchev–Trinajstić information content (AvgIpc) is 2.94. The molecule has 2 amide bonds. The van der Waals surface area contributed by atoms with Crippen LogP contribution in [0.25, 0.3) is 0 Å². The van der Waals surface area contributed by atoms with Gasteiger partial charge in [-0.2, -0.15) is 5.10 Å². The van der Waals surface area contributed by atoms with E-state index in [1.54, 1.807) is 4.68 Å². The molecule has 3 N–H and O–H groups in total. The van der Waals surface area contributed by atoms with Gasteiger partial charge in [0.15, 0.2) is 0 Å². The van der Waals surface area contributed by atoms with Crippen LogP contribution >= 0.6 is 0 Å². The van der Waals surface area contributed by atoms with Gasteiger partial charge in [-0.1, -0.05) is 0 Å². The second-order valence-electron chi connectivity index (χ2n) is 5.08. The lowest BCUT2D eigenvalue weighted by Gasteiger charge is -2.13. The fourth-order valence-electron chi connectivity index (χ4n) is 2.01. The molecule has 0 atom stereocenters. The Balaban J connectivity index is 2.18. The maximum atomic E-state index is 12.1. The Morgan fingerprint density at radius 1 is 1.50 bits per heavy atom. The standard InChI is InChI=1S/C12H18N4O2/c1-7(2)16-8(3)9(6-14-16)10(17)15-12(4-5-12)11(13)18/h6-7H,4-5H2,1-3H3,(H2,13,18)(H,15,17). The van der Waals surface area contributed by atoms with Crippen molar-refractivity contribution in [2.24, 2.45) is 5.73 Å². The van der Waals surface area contributed by atoms with Crippen LogP contribution in [-0.4, -0.2) is 27.1 Å². The largest absolute Gasteiger partial charge is 0.368 e. The number of hydrogen-bond acceptors (Lipinski definition) is 3. The number of amides is 2. The van der Waals surface area contributed by atoms with Crippen LogP contribution in [0.4, 0.5) is 0 Å². The third-order valence-electron chi connectivity index (χ3n) is 3.35. The summed E-state index contributed by atoms with van der Waals surface area (Å²) in [6, 6.07) is 0.192. The molecule has 0 aromatic carbocycles. The lowest BCUT2D eigenvalue weighted by molar-refractivity contribution is -0.120. The van der Waals surface area contributed by atoms with E-state index in [0.29, 0.717) is 18.4 Å². The van der Waals surface area contributed by atoms with Crippen molar-refractivity contribution in [3.05, 3.63) is 17.5 Å². The minimum atomic E-state index is -0.830. The molecule has 1 aromatic rings. The van der Waals surface area contributed by atoms with Gasteiger partial charge in [0.25, 0.3) is 5.91 Å². The van der Waals surface area contributed by atoms with Crippen molar-refractivity contribution in [3.8, 4) is 0 Å². The summed E-state index contributed by atoms with van der Waals surface area (Å²) >= 11 is 0. The van der Waals surface area contributed by atoms with Gasteiger partial charge in [0.05, 0.1) is 11.8 Å². The molecule has 0 unspecified atom stereocenters. The van der Waals surface area contributed by atoms with Crippen LogP contribution in [0.1, 0.15) is 48.8 Å². The van der Waals surface area contributed by atoms with Crippen molar-refractivity contribution < 1.29 is 9.59 Å². The summed E-state index contributed by atoms with van der Waals surface area (Å²) in [7, 11) is 0. The molecule has 1 saturated carbocycles. The van der Waals surface area contributed by atoms with Crippen LogP contribution in [-0.2, 0) is 4.79 Å². The van der Waals surface area contributed by atoms with Crippen LogP contribution in [0, 0.1) is 6.92 Å². The highest BCUT2D eigenvalue weighted by Gasteiger charge is 2.50. The van der Waals surface area contributed by atoms with Crippen molar-refractivity contribution in [2.45, 2.75) is 45.2 Å². The molecule has 1 aliphatic carbocycles. The minimum absolute atomic E-state index is 0.192. The van der Waals surface area contributed by atoms with Gasteiger partial charge in [0.2, 0.25) is 5.91 Å². The SMILES string of the molecule is Cc1c(C(=O)NC2(C(N)=O)CC2)cnn1C(C)C. The Morgan fingerprint density at radius 3 is 2.50 bits per heavy atom. The monoisotopic (exact) mass is 250 g/mol. The lowest BCUT2D eigenvalue weighted by atomic mass is 10.2. The Labute approximate surface area is 106 Å². The summed E-state index contributed by atoms with van der Waals surface area (Å²) in [6.07, 6.45) is 2.76. The lowest BCUT2D eigenvalue weighted by Crippen LogP contribution is -2.46. The molecule has 0 bridgehead atoms. The quantitative estimate of drug-likeness (QED) is 0.816. The summed E-state index contributed by atoms with van der Waals surface area (Å²) in [6.45, 7) is 5.83. The van der Waals surface area contributed by atoms with Crippen molar-refractivity contribution in [1.82, 2.24) is 15.1 Å². The molecule has 6 heteroatoms. The number of hydrogen-bond donors (Lipinski definition) is 2. The van der Waals surface area contributed by atoms with Crippen molar-refractivity contribution in [3.63, 3.8) is 0 Å². The highest BCUT2D eigenvalue weighted by Crippen LogP contribution is 2.35. The molecule has 1 heterocycles. The van der Waals surface area contributed by atoms with Gasteiger partial charge in [-0.25, -0.2) is 0 Å². The molecular formula is C12H18N4O2. The Bertz CT molecular complexity index is 500. The molecule has 18 heavy (non-hydrogen) atoms. The van der Waals surface area contributed by atoms with E-state index in [-0.39, 0.29) is 11.9 Å². The molecule has 0 radical (unpaired) electrons. The van der Waals surface area contributed by atoms with Gasteiger partial charge in [0.1, 0.15) is 5.54 Å². The molecule has 0 saturated heterocycles. The van der Waals surface area contributed by atoms with E-state index in [1.807, 2.05) is 20.8 Å². The normalized spacial score (nSPS) is 16.7. The van der Waals surface area contributed by atoms with Gasteiger partial charge in [-0.3, -0.25) is 14.3 Å². The number of aromatic nitrogens is 2. The van der Waals surface area contributed by atoms with E-state index >= 15 is 0 Å². The van der Waals surface area contributed by atoms with E-state index in [2.05, 4.69) is 10.4 Å². The highest BCUT2D eigenvalue weighted by molar-refractivity contribution is 6.00. The van der Waals surface area contributed by atoms with Crippen LogP contribution in [0.5, 0.6) is 0 Å². The van der Waals surface area contributed by atoms with E-state index in [1.165, 1.54) is 6.20 Å². The smallest absolute Gasteiger partial charge is 0.255 e.